The number of hydrogen-bond acceptors (Lipinski definition) is 4. The molecule has 4 heteroatoms. The van der Waals surface area contributed by atoms with Crippen LogP contribution in [-0.4, -0.2) is 30.6 Å². The Hall–Kier alpha value is -0.550. The van der Waals surface area contributed by atoms with Crippen LogP contribution in [0, 0.1) is 0 Å². The van der Waals surface area contributed by atoms with E-state index in [9.17, 15) is 0 Å². The fourth-order valence-corrected chi connectivity index (χ4v) is 2.36. The van der Waals surface area contributed by atoms with E-state index >= 15 is 0 Å². The molecule has 0 bridgehead atoms. The van der Waals surface area contributed by atoms with Crippen molar-refractivity contribution < 1.29 is 4.74 Å². The van der Waals surface area contributed by atoms with Crippen LogP contribution in [0.2, 0.25) is 0 Å². The van der Waals surface area contributed by atoms with Crippen molar-refractivity contribution in [2.24, 2.45) is 5.73 Å². The summed E-state index contributed by atoms with van der Waals surface area (Å²) in [5.74, 6) is 0. The first-order valence-corrected chi connectivity index (χ1v) is 5.95. The van der Waals surface area contributed by atoms with Gasteiger partial charge in [0.05, 0.1) is 13.2 Å². The second-order valence-corrected chi connectivity index (χ2v) is 4.65. The third-order valence-corrected chi connectivity index (χ3v) is 3.47. The lowest BCUT2D eigenvalue weighted by Crippen LogP contribution is -2.30. The van der Waals surface area contributed by atoms with Gasteiger partial charge < -0.3 is 10.5 Å². The maximum absolute atomic E-state index is 5.55. The van der Waals surface area contributed by atoms with Crippen LogP contribution in [-0.2, 0) is 11.3 Å². The maximum Gasteiger partial charge on any atom is 0.0603 e. The molecule has 82 valence electrons. The molecule has 2 N–H and O–H groups in total. The van der Waals surface area contributed by atoms with Crippen molar-refractivity contribution in [3.05, 3.63) is 29.8 Å². The number of benzene rings is 1. The highest BCUT2D eigenvalue weighted by atomic mass is 32.2. The Balaban J connectivity index is 1.91. The Morgan fingerprint density at radius 2 is 1.87 bits per heavy atom. The van der Waals surface area contributed by atoms with Gasteiger partial charge in [0.25, 0.3) is 0 Å². The molecule has 0 spiro atoms. The van der Waals surface area contributed by atoms with Gasteiger partial charge in [0.2, 0.25) is 0 Å². The van der Waals surface area contributed by atoms with E-state index in [1.807, 2.05) is 0 Å². The normalized spacial score (nSPS) is 17.9. The van der Waals surface area contributed by atoms with Gasteiger partial charge in [-0.1, -0.05) is 12.1 Å². The Kier molecular flexibility index (Phi) is 4.02. The first-order chi connectivity index (χ1) is 7.38. The second kappa shape index (κ2) is 5.51. The van der Waals surface area contributed by atoms with E-state index in [0.29, 0.717) is 6.54 Å². The molecule has 15 heavy (non-hydrogen) atoms. The average Bonchev–Trinajstić information content (AvgIpc) is 2.31. The Labute approximate surface area is 94.7 Å². The average molecular weight is 224 g/mol. The summed E-state index contributed by atoms with van der Waals surface area (Å²) in [6, 6.07) is 8.43. The van der Waals surface area contributed by atoms with Crippen molar-refractivity contribution in [2.75, 3.05) is 26.3 Å². The molecule has 1 aliphatic heterocycles. The molecule has 3 nitrogen and oxygen atoms in total. The van der Waals surface area contributed by atoms with Crippen molar-refractivity contribution in [1.29, 1.82) is 0 Å². The van der Waals surface area contributed by atoms with Gasteiger partial charge in [-0.2, -0.15) is 0 Å². The number of hydrogen-bond donors (Lipinski definition) is 1. The molecule has 1 aromatic carbocycles. The largest absolute Gasteiger partial charge is 0.379 e. The molecule has 0 amide bonds. The lowest BCUT2D eigenvalue weighted by Gasteiger charge is -2.25. The number of ether oxygens (including phenoxy) is 1. The predicted molar refractivity (Wildman–Crippen MR) is 62.6 cm³/mol. The fourth-order valence-electron chi connectivity index (χ4n) is 1.47. The lowest BCUT2D eigenvalue weighted by molar-refractivity contribution is 0.0773. The van der Waals surface area contributed by atoms with Crippen molar-refractivity contribution in [3.8, 4) is 0 Å². The lowest BCUT2D eigenvalue weighted by atomic mass is 10.2. The van der Waals surface area contributed by atoms with Gasteiger partial charge in [0.15, 0.2) is 0 Å². The van der Waals surface area contributed by atoms with Crippen molar-refractivity contribution in [3.63, 3.8) is 0 Å². The van der Waals surface area contributed by atoms with Gasteiger partial charge in [-0.15, -0.1) is 0 Å². The first kappa shape index (κ1) is 11.0. The monoisotopic (exact) mass is 224 g/mol. The Morgan fingerprint density at radius 3 is 2.47 bits per heavy atom. The van der Waals surface area contributed by atoms with Crippen molar-refractivity contribution in [2.45, 2.75) is 11.4 Å². The quantitative estimate of drug-likeness (QED) is 0.789. The van der Waals surface area contributed by atoms with Gasteiger partial charge >= 0.3 is 0 Å². The van der Waals surface area contributed by atoms with E-state index in [2.05, 4.69) is 28.6 Å². The summed E-state index contributed by atoms with van der Waals surface area (Å²) in [5, 5.41) is 0. The molecule has 1 aliphatic rings. The molecular weight excluding hydrogens is 208 g/mol. The van der Waals surface area contributed by atoms with Crippen LogP contribution in [0.15, 0.2) is 29.2 Å². The number of morpholine rings is 1. The smallest absolute Gasteiger partial charge is 0.0603 e. The molecule has 0 radical (unpaired) electrons. The summed E-state index contributed by atoms with van der Waals surface area (Å²) in [6.07, 6.45) is 0. The SMILES string of the molecule is NCc1ccc(SN2CCOCC2)cc1. The maximum atomic E-state index is 5.55. The van der Waals surface area contributed by atoms with E-state index in [0.717, 1.165) is 26.3 Å². The first-order valence-electron chi connectivity index (χ1n) is 5.18. The fraction of sp³-hybridized carbons (Fsp3) is 0.455. The van der Waals surface area contributed by atoms with Crippen molar-refractivity contribution in [1.82, 2.24) is 4.31 Å². The van der Waals surface area contributed by atoms with Crippen LogP contribution in [0.5, 0.6) is 0 Å². The molecule has 0 saturated carbocycles. The molecule has 0 unspecified atom stereocenters. The van der Waals surface area contributed by atoms with Crippen LogP contribution in [0.1, 0.15) is 5.56 Å². The number of nitrogens with zero attached hydrogens (tertiary/aromatic N) is 1. The Bertz CT molecular complexity index is 296. The molecule has 0 aliphatic carbocycles. The summed E-state index contributed by atoms with van der Waals surface area (Å²) < 4.78 is 7.64. The number of rotatable bonds is 3. The molecule has 1 fully saturated rings. The van der Waals surface area contributed by atoms with Crippen LogP contribution < -0.4 is 5.73 Å². The summed E-state index contributed by atoms with van der Waals surface area (Å²) in [4.78, 5) is 1.27. The summed E-state index contributed by atoms with van der Waals surface area (Å²) in [5.41, 5.74) is 6.73. The summed E-state index contributed by atoms with van der Waals surface area (Å²) in [6.45, 7) is 4.30. The molecule has 1 heterocycles. The van der Waals surface area contributed by atoms with Crippen LogP contribution >= 0.6 is 11.9 Å². The topological polar surface area (TPSA) is 38.5 Å². The van der Waals surface area contributed by atoms with Gasteiger partial charge in [-0.05, 0) is 29.6 Å². The molecule has 2 rings (SSSR count). The summed E-state index contributed by atoms with van der Waals surface area (Å²) >= 11 is 1.80. The van der Waals surface area contributed by atoms with Gasteiger partial charge in [-0.25, -0.2) is 4.31 Å². The summed E-state index contributed by atoms with van der Waals surface area (Å²) in [7, 11) is 0. The molecule has 0 aromatic heterocycles. The van der Waals surface area contributed by atoms with Crippen molar-refractivity contribution >= 4 is 11.9 Å². The highest BCUT2D eigenvalue weighted by Gasteiger charge is 2.11. The highest BCUT2D eigenvalue weighted by molar-refractivity contribution is 7.97. The van der Waals surface area contributed by atoms with E-state index < -0.39 is 0 Å². The molecular formula is C11H16N2OS. The van der Waals surface area contributed by atoms with Gasteiger partial charge in [0.1, 0.15) is 0 Å². The second-order valence-electron chi connectivity index (χ2n) is 3.48. The highest BCUT2D eigenvalue weighted by Crippen LogP contribution is 2.23. The third-order valence-electron chi connectivity index (χ3n) is 2.36. The zero-order valence-corrected chi connectivity index (χ0v) is 9.50. The minimum Gasteiger partial charge on any atom is -0.379 e. The number of nitrogens with two attached hydrogens (primary N) is 1. The van der Waals surface area contributed by atoms with Crippen LogP contribution in [0.3, 0.4) is 0 Å². The van der Waals surface area contributed by atoms with E-state index in [1.165, 1.54) is 10.5 Å². The van der Waals surface area contributed by atoms with E-state index in [4.69, 9.17) is 10.5 Å². The predicted octanol–water partition coefficient (Wildman–Crippen LogP) is 1.48. The molecule has 0 atom stereocenters. The van der Waals surface area contributed by atoms with Crippen LogP contribution in [0.4, 0.5) is 0 Å². The molecule has 1 saturated heterocycles. The minimum absolute atomic E-state index is 0.614. The standard InChI is InChI=1S/C11H16N2OS/c12-9-10-1-3-11(4-2-10)15-13-5-7-14-8-6-13/h1-4H,5-9,12H2. The zero-order valence-electron chi connectivity index (χ0n) is 8.69. The van der Waals surface area contributed by atoms with Gasteiger partial charge in [0, 0.05) is 24.5 Å². The van der Waals surface area contributed by atoms with Crippen LogP contribution in [0.25, 0.3) is 0 Å². The van der Waals surface area contributed by atoms with E-state index in [-0.39, 0.29) is 0 Å². The third kappa shape index (κ3) is 3.21. The van der Waals surface area contributed by atoms with Gasteiger partial charge in [-0.3, -0.25) is 0 Å². The van der Waals surface area contributed by atoms with E-state index in [1.54, 1.807) is 11.9 Å². The minimum atomic E-state index is 0.614. The zero-order chi connectivity index (χ0) is 10.5. The molecule has 1 aromatic rings. The Morgan fingerprint density at radius 1 is 1.20 bits per heavy atom.